The van der Waals surface area contributed by atoms with E-state index in [1.165, 1.54) is 59.2 Å². The number of carboxylic acids is 1. The Labute approximate surface area is 141 Å². The van der Waals surface area contributed by atoms with Gasteiger partial charge in [0.05, 0.1) is 11.4 Å². The highest BCUT2D eigenvalue weighted by Gasteiger charge is 2.21. The summed E-state index contributed by atoms with van der Waals surface area (Å²) in [7, 11) is 1.60. The van der Waals surface area contributed by atoms with Crippen LogP contribution in [0.4, 0.5) is 8.78 Å². The molecule has 0 aliphatic carbocycles. The summed E-state index contributed by atoms with van der Waals surface area (Å²) >= 11 is 0. The highest BCUT2D eigenvalue weighted by molar-refractivity contribution is 5.95. The molecule has 0 aliphatic rings. The molecule has 0 fully saturated rings. The third-order valence-corrected chi connectivity index (χ3v) is 3.92. The molecule has 1 aromatic heterocycles. The summed E-state index contributed by atoms with van der Waals surface area (Å²) in [5.41, 5.74) is 0.446. The van der Waals surface area contributed by atoms with Crippen LogP contribution >= 0.6 is 0 Å². The SMILES string of the molecule is Cn1c(-c2ccc(F)cc2)cc(=O)c(C(=O)O)c1-c1ccc(F)cc1. The zero-order chi connectivity index (χ0) is 18.1. The Kier molecular flexibility index (Phi) is 4.19. The topological polar surface area (TPSA) is 59.3 Å². The molecule has 3 aromatic rings. The quantitative estimate of drug-likeness (QED) is 0.790. The minimum absolute atomic E-state index is 0.152. The van der Waals surface area contributed by atoms with Crippen molar-refractivity contribution in [1.82, 2.24) is 4.57 Å². The van der Waals surface area contributed by atoms with Gasteiger partial charge in [-0.1, -0.05) is 0 Å². The van der Waals surface area contributed by atoms with E-state index < -0.39 is 28.6 Å². The van der Waals surface area contributed by atoms with Gasteiger partial charge in [-0.25, -0.2) is 13.6 Å². The lowest BCUT2D eigenvalue weighted by Gasteiger charge is -2.17. The van der Waals surface area contributed by atoms with Crippen molar-refractivity contribution in [2.45, 2.75) is 0 Å². The molecule has 0 unspecified atom stereocenters. The Morgan fingerprint density at radius 1 is 0.920 bits per heavy atom. The van der Waals surface area contributed by atoms with Crippen LogP contribution < -0.4 is 5.43 Å². The molecule has 4 nitrogen and oxygen atoms in total. The minimum atomic E-state index is -1.37. The average Bonchev–Trinajstić information content (AvgIpc) is 2.58. The van der Waals surface area contributed by atoms with Crippen LogP contribution in [0.5, 0.6) is 0 Å². The van der Waals surface area contributed by atoms with E-state index in [1.807, 2.05) is 0 Å². The number of aromatic nitrogens is 1. The number of carboxylic acid groups (broad SMARTS) is 1. The largest absolute Gasteiger partial charge is 0.477 e. The number of hydrogen-bond donors (Lipinski definition) is 1. The van der Waals surface area contributed by atoms with E-state index in [0.29, 0.717) is 16.8 Å². The van der Waals surface area contributed by atoms with Crippen LogP contribution in [-0.4, -0.2) is 15.6 Å². The van der Waals surface area contributed by atoms with E-state index in [9.17, 15) is 23.5 Å². The van der Waals surface area contributed by atoms with Gasteiger partial charge in [0.2, 0.25) is 0 Å². The van der Waals surface area contributed by atoms with Crippen LogP contribution in [0.15, 0.2) is 59.4 Å². The Morgan fingerprint density at radius 3 is 1.88 bits per heavy atom. The van der Waals surface area contributed by atoms with Gasteiger partial charge < -0.3 is 9.67 Å². The zero-order valence-electron chi connectivity index (χ0n) is 13.2. The third kappa shape index (κ3) is 3.06. The predicted octanol–water partition coefficient (Wildman–Crippen LogP) is 3.70. The van der Waals surface area contributed by atoms with Gasteiger partial charge in [-0.15, -0.1) is 0 Å². The number of nitrogens with zero attached hydrogens (tertiary/aromatic N) is 1. The molecular weight excluding hydrogens is 328 g/mol. The number of halogens is 2. The Bertz CT molecular complexity index is 1010. The van der Waals surface area contributed by atoms with Crippen LogP contribution in [0.2, 0.25) is 0 Å². The van der Waals surface area contributed by atoms with E-state index >= 15 is 0 Å². The van der Waals surface area contributed by atoms with Crippen molar-refractivity contribution < 1.29 is 18.7 Å². The van der Waals surface area contributed by atoms with Crippen molar-refractivity contribution in [1.29, 1.82) is 0 Å². The molecule has 0 amide bonds. The summed E-state index contributed by atoms with van der Waals surface area (Å²) in [5, 5.41) is 9.45. The number of benzene rings is 2. The summed E-state index contributed by atoms with van der Waals surface area (Å²) in [6.45, 7) is 0. The number of carbonyl (C=O) groups is 1. The second-order valence-electron chi connectivity index (χ2n) is 5.50. The maximum atomic E-state index is 13.2. The number of rotatable bonds is 3. The normalized spacial score (nSPS) is 10.7. The number of hydrogen-bond acceptors (Lipinski definition) is 2. The highest BCUT2D eigenvalue weighted by Crippen LogP contribution is 2.27. The third-order valence-electron chi connectivity index (χ3n) is 3.92. The van der Waals surface area contributed by atoms with Gasteiger partial charge in [-0.3, -0.25) is 4.79 Å². The summed E-state index contributed by atoms with van der Waals surface area (Å²) < 4.78 is 27.9. The molecule has 25 heavy (non-hydrogen) atoms. The molecule has 1 N–H and O–H groups in total. The van der Waals surface area contributed by atoms with Crippen LogP contribution in [0.3, 0.4) is 0 Å². The molecule has 0 atom stereocenters. The second kappa shape index (κ2) is 6.32. The number of aromatic carboxylic acids is 1. The van der Waals surface area contributed by atoms with E-state index in [4.69, 9.17) is 0 Å². The van der Waals surface area contributed by atoms with Gasteiger partial charge >= 0.3 is 5.97 Å². The van der Waals surface area contributed by atoms with Crippen molar-refractivity contribution in [3.63, 3.8) is 0 Å². The van der Waals surface area contributed by atoms with Crippen LogP contribution in [-0.2, 0) is 7.05 Å². The first kappa shape index (κ1) is 16.6. The smallest absolute Gasteiger partial charge is 0.341 e. The van der Waals surface area contributed by atoms with Gasteiger partial charge in [0.15, 0.2) is 5.43 Å². The maximum absolute atomic E-state index is 13.2. The molecular formula is C19H13F2NO3. The lowest BCUT2D eigenvalue weighted by Crippen LogP contribution is -2.21. The lowest BCUT2D eigenvalue weighted by atomic mass is 10.0. The van der Waals surface area contributed by atoms with Gasteiger partial charge in [0.25, 0.3) is 0 Å². The molecule has 0 aliphatic heterocycles. The fraction of sp³-hybridized carbons (Fsp3) is 0.0526. The zero-order valence-corrected chi connectivity index (χ0v) is 13.2. The van der Waals surface area contributed by atoms with Crippen molar-refractivity contribution in [3.8, 4) is 22.5 Å². The Hall–Kier alpha value is -3.28. The molecule has 2 aromatic carbocycles. The van der Waals surface area contributed by atoms with E-state index in [2.05, 4.69) is 0 Å². The molecule has 126 valence electrons. The summed E-state index contributed by atoms with van der Waals surface area (Å²) in [4.78, 5) is 24.0. The van der Waals surface area contributed by atoms with Gasteiger partial charge in [0, 0.05) is 13.1 Å². The van der Waals surface area contributed by atoms with E-state index in [1.54, 1.807) is 7.05 Å². The fourth-order valence-electron chi connectivity index (χ4n) is 2.75. The van der Waals surface area contributed by atoms with Crippen molar-refractivity contribution in [3.05, 3.63) is 82.0 Å². The van der Waals surface area contributed by atoms with Crippen molar-refractivity contribution >= 4 is 5.97 Å². The summed E-state index contributed by atoms with van der Waals surface area (Å²) in [6.07, 6.45) is 0. The summed E-state index contributed by atoms with van der Waals surface area (Å²) in [6, 6.07) is 11.9. The Morgan fingerprint density at radius 2 is 1.40 bits per heavy atom. The Balaban J connectivity index is 2.34. The molecule has 1 heterocycles. The lowest BCUT2D eigenvalue weighted by molar-refractivity contribution is 0.0695. The summed E-state index contributed by atoms with van der Waals surface area (Å²) in [5.74, 6) is -2.26. The van der Waals surface area contributed by atoms with Crippen LogP contribution in [0, 0.1) is 11.6 Å². The molecule has 0 saturated carbocycles. The molecule has 0 bridgehead atoms. The van der Waals surface area contributed by atoms with Crippen molar-refractivity contribution in [2.24, 2.45) is 7.05 Å². The standard InChI is InChI=1S/C19H13F2NO3/c1-22-15(11-2-6-13(20)7-3-11)10-16(23)17(19(24)25)18(22)12-4-8-14(21)9-5-12/h2-10H,1H3,(H,24,25). The molecule has 0 spiro atoms. The fourth-order valence-corrected chi connectivity index (χ4v) is 2.75. The first-order valence-electron chi connectivity index (χ1n) is 7.37. The number of pyridine rings is 1. The first-order valence-corrected chi connectivity index (χ1v) is 7.37. The second-order valence-corrected chi connectivity index (χ2v) is 5.50. The monoisotopic (exact) mass is 341 g/mol. The molecule has 3 rings (SSSR count). The van der Waals surface area contributed by atoms with Crippen molar-refractivity contribution in [2.75, 3.05) is 0 Å². The van der Waals surface area contributed by atoms with Crippen LogP contribution in [0.1, 0.15) is 10.4 Å². The van der Waals surface area contributed by atoms with E-state index in [-0.39, 0.29) is 5.69 Å². The highest BCUT2D eigenvalue weighted by atomic mass is 19.1. The molecule has 0 radical (unpaired) electrons. The minimum Gasteiger partial charge on any atom is -0.477 e. The predicted molar refractivity (Wildman–Crippen MR) is 89.4 cm³/mol. The van der Waals surface area contributed by atoms with E-state index in [0.717, 1.165) is 0 Å². The first-order chi connectivity index (χ1) is 11.9. The molecule has 0 saturated heterocycles. The molecule has 6 heteroatoms. The maximum Gasteiger partial charge on any atom is 0.341 e. The van der Waals surface area contributed by atoms with Gasteiger partial charge in [-0.2, -0.15) is 0 Å². The van der Waals surface area contributed by atoms with Gasteiger partial charge in [-0.05, 0) is 59.7 Å². The average molecular weight is 341 g/mol. The van der Waals surface area contributed by atoms with Gasteiger partial charge in [0.1, 0.15) is 17.2 Å². The van der Waals surface area contributed by atoms with Crippen LogP contribution in [0.25, 0.3) is 22.5 Å².